The van der Waals surface area contributed by atoms with E-state index in [1.165, 1.54) is 0 Å². The molecule has 0 saturated heterocycles. The van der Waals surface area contributed by atoms with Gasteiger partial charge in [-0.05, 0) is 56.9 Å². The van der Waals surface area contributed by atoms with Gasteiger partial charge in [-0.3, -0.25) is 4.68 Å². The molecule has 0 aliphatic heterocycles. The molecule has 1 aliphatic carbocycles. The summed E-state index contributed by atoms with van der Waals surface area (Å²) in [7, 11) is 1.95. The van der Waals surface area contributed by atoms with Gasteiger partial charge in [0.2, 0.25) is 0 Å². The van der Waals surface area contributed by atoms with Gasteiger partial charge in [-0.2, -0.15) is 5.10 Å². The van der Waals surface area contributed by atoms with E-state index in [-0.39, 0.29) is 5.60 Å². The highest BCUT2D eigenvalue weighted by Crippen LogP contribution is 2.44. The van der Waals surface area contributed by atoms with Crippen LogP contribution in [0.3, 0.4) is 0 Å². The van der Waals surface area contributed by atoms with Crippen LogP contribution in [0.1, 0.15) is 58.6 Å². The first-order valence-electron chi connectivity index (χ1n) is 8.17. The highest BCUT2D eigenvalue weighted by molar-refractivity contribution is 5.02. The molecule has 120 valence electrons. The lowest BCUT2D eigenvalue weighted by Gasteiger charge is -2.46. The number of aliphatic hydroxyl groups excluding tert-OH is 1. The van der Waals surface area contributed by atoms with Crippen molar-refractivity contribution in [1.29, 1.82) is 0 Å². The lowest BCUT2D eigenvalue weighted by Crippen LogP contribution is -2.49. The Morgan fingerprint density at radius 2 is 2.00 bits per heavy atom. The van der Waals surface area contributed by atoms with Crippen LogP contribution in [0, 0.1) is 5.41 Å². The Kier molecular flexibility index (Phi) is 5.10. The zero-order valence-corrected chi connectivity index (χ0v) is 13.9. The second-order valence-corrected chi connectivity index (χ2v) is 7.16. The van der Waals surface area contributed by atoms with E-state index in [9.17, 15) is 5.11 Å². The first-order chi connectivity index (χ1) is 9.88. The summed E-state index contributed by atoms with van der Waals surface area (Å²) in [4.78, 5) is 0. The molecule has 1 atom stereocenters. The molecule has 4 heteroatoms. The molecule has 0 spiro atoms. The Bertz CT molecular complexity index is 443. The number of hydrogen-bond acceptors (Lipinski definition) is 3. The summed E-state index contributed by atoms with van der Waals surface area (Å²) < 4.78 is 7.93. The molecule has 0 amide bonds. The van der Waals surface area contributed by atoms with Crippen molar-refractivity contribution >= 4 is 0 Å². The normalized spacial score (nSPS) is 22.1. The monoisotopic (exact) mass is 294 g/mol. The molecule has 1 aromatic rings. The number of nitrogens with zero attached hydrogens (tertiary/aromatic N) is 2. The number of ether oxygens (including phenoxy) is 1. The zero-order chi connectivity index (χ0) is 15.5. The van der Waals surface area contributed by atoms with Gasteiger partial charge in [0.25, 0.3) is 0 Å². The fourth-order valence-electron chi connectivity index (χ4n) is 3.41. The Labute approximate surface area is 128 Å². The fourth-order valence-corrected chi connectivity index (χ4v) is 3.41. The lowest BCUT2D eigenvalue weighted by atomic mass is 9.68. The molecular formula is C17H30N2O2. The van der Waals surface area contributed by atoms with Crippen molar-refractivity contribution in [1.82, 2.24) is 9.78 Å². The minimum absolute atomic E-state index is 0.344. The minimum Gasteiger partial charge on any atom is -0.390 e. The van der Waals surface area contributed by atoms with Gasteiger partial charge in [-0.25, -0.2) is 0 Å². The van der Waals surface area contributed by atoms with Crippen molar-refractivity contribution in [3.05, 3.63) is 18.0 Å². The largest absolute Gasteiger partial charge is 0.390 e. The zero-order valence-electron chi connectivity index (χ0n) is 13.9. The first-order valence-corrected chi connectivity index (χ1v) is 8.17. The van der Waals surface area contributed by atoms with E-state index in [0.717, 1.165) is 44.2 Å². The standard InChI is InChI=1S/C17H30N2O2/c1-5-21-17(11-9-16(2,3)10-12-17)15(20)7-6-14-8-13-18-19(14)4/h8,13,15,20H,5-7,9-12H2,1-4H3. The quantitative estimate of drug-likeness (QED) is 0.877. The molecule has 4 nitrogen and oxygen atoms in total. The van der Waals surface area contributed by atoms with Crippen LogP contribution in [0.5, 0.6) is 0 Å². The minimum atomic E-state index is -0.400. The van der Waals surface area contributed by atoms with E-state index in [2.05, 4.69) is 18.9 Å². The maximum absolute atomic E-state index is 10.8. The summed E-state index contributed by atoms with van der Waals surface area (Å²) >= 11 is 0. The molecule has 0 bridgehead atoms. The van der Waals surface area contributed by atoms with Gasteiger partial charge in [-0.15, -0.1) is 0 Å². The molecule has 1 unspecified atom stereocenters. The summed E-state index contributed by atoms with van der Waals surface area (Å²) in [5.74, 6) is 0. The molecule has 1 saturated carbocycles. The van der Waals surface area contributed by atoms with Gasteiger partial charge in [0.05, 0.1) is 11.7 Å². The van der Waals surface area contributed by atoms with Crippen LogP contribution < -0.4 is 0 Å². The van der Waals surface area contributed by atoms with E-state index >= 15 is 0 Å². The van der Waals surface area contributed by atoms with Gasteiger partial charge in [0.1, 0.15) is 0 Å². The van der Waals surface area contributed by atoms with Gasteiger partial charge in [0, 0.05) is 25.5 Å². The van der Waals surface area contributed by atoms with Crippen molar-refractivity contribution in [3.63, 3.8) is 0 Å². The first kappa shape index (κ1) is 16.5. The molecule has 1 aliphatic rings. The van der Waals surface area contributed by atoms with Gasteiger partial charge in [-0.1, -0.05) is 13.8 Å². The smallest absolute Gasteiger partial charge is 0.0940 e. The van der Waals surface area contributed by atoms with Crippen LogP contribution in [-0.2, 0) is 18.2 Å². The third-order valence-corrected chi connectivity index (χ3v) is 5.09. The van der Waals surface area contributed by atoms with Crippen LogP contribution >= 0.6 is 0 Å². The highest BCUT2D eigenvalue weighted by Gasteiger charge is 2.43. The average Bonchev–Trinajstić information content (AvgIpc) is 2.84. The summed E-state index contributed by atoms with van der Waals surface area (Å²) in [5.41, 5.74) is 1.20. The Morgan fingerprint density at radius 3 is 2.52 bits per heavy atom. The van der Waals surface area contributed by atoms with Crippen molar-refractivity contribution in [3.8, 4) is 0 Å². The van der Waals surface area contributed by atoms with Crippen molar-refractivity contribution < 1.29 is 9.84 Å². The molecule has 1 aromatic heterocycles. The highest BCUT2D eigenvalue weighted by atomic mass is 16.5. The van der Waals surface area contributed by atoms with Gasteiger partial charge >= 0.3 is 0 Å². The summed E-state index contributed by atoms with van der Waals surface area (Å²) in [5, 5.41) is 14.9. The SMILES string of the molecule is CCOC1(C(O)CCc2ccnn2C)CCC(C)(C)CC1. The van der Waals surface area contributed by atoms with E-state index in [1.807, 2.05) is 30.9 Å². The Balaban J connectivity index is 1.99. The molecule has 2 rings (SSSR count). The molecular weight excluding hydrogens is 264 g/mol. The number of hydrogen-bond donors (Lipinski definition) is 1. The second-order valence-electron chi connectivity index (χ2n) is 7.16. The summed E-state index contributed by atoms with van der Waals surface area (Å²) in [6.45, 7) is 7.31. The van der Waals surface area contributed by atoms with E-state index < -0.39 is 6.10 Å². The maximum atomic E-state index is 10.8. The van der Waals surface area contributed by atoms with Crippen LogP contribution in [0.2, 0.25) is 0 Å². The molecule has 0 radical (unpaired) electrons. The Hall–Kier alpha value is -0.870. The number of rotatable bonds is 6. The molecule has 1 fully saturated rings. The third kappa shape index (κ3) is 3.86. The second kappa shape index (κ2) is 6.49. The van der Waals surface area contributed by atoms with Crippen molar-refractivity contribution in [2.24, 2.45) is 12.5 Å². The number of aliphatic hydroxyl groups is 1. The maximum Gasteiger partial charge on any atom is 0.0940 e. The van der Waals surface area contributed by atoms with Crippen molar-refractivity contribution in [2.45, 2.75) is 71.0 Å². The van der Waals surface area contributed by atoms with Crippen LogP contribution in [0.15, 0.2) is 12.3 Å². The van der Waals surface area contributed by atoms with Crippen LogP contribution in [-0.4, -0.2) is 33.2 Å². The molecule has 0 aromatic carbocycles. The lowest BCUT2D eigenvalue weighted by molar-refractivity contribution is -0.153. The van der Waals surface area contributed by atoms with Crippen molar-refractivity contribution in [2.75, 3.05) is 6.61 Å². The van der Waals surface area contributed by atoms with Gasteiger partial charge in [0.15, 0.2) is 0 Å². The fraction of sp³-hybridized carbons (Fsp3) is 0.824. The predicted octanol–water partition coefficient (Wildman–Crippen LogP) is 3.09. The third-order valence-electron chi connectivity index (χ3n) is 5.09. The molecule has 21 heavy (non-hydrogen) atoms. The topological polar surface area (TPSA) is 47.3 Å². The van der Waals surface area contributed by atoms with E-state index in [4.69, 9.17) is 4.74 Å². The Morgan fingerprint density at radius 1 is 1.33 bits per heavy atom. The summed E-state index contributed by atoms with van der Waals surface area (Å²) in [6, 6.07) is 2.02. The van der Waals surface area contributed by atoms with Gasteiger partial charge < -0.3 is 9.84 Å². The number of aryl methyl sites for hydroxylation is 2. The predicted molar refractivity (Wildman–Crippen MR) is 84.1 cm³/mol. The van der Waals surface area contributed by atoms with E-state index in [1.54, 1.807) is 0 Å². The van der Waals surface area contributed by atoms with Crippen LogP contribution in [0.25, 0.3) is 0 Å². The molecule has 1 N–H and O–H groups in total. The average molecular weight is 294 g/mol. The molecule has 1 heterocycles. The van der Waals surface area contributed by atoms with E-state index in [0.29, 0.717) is 12.0 Å². The van der Waals surface area contributed by atoms with Crippen LogP contribution in [0.4, 0.5) is 0 Å². The summed E-state index contributed by atoms with van der Waals surface area (Å²) in [6.07, 6.45) is 7.15. The number of aromatic nitrogens is 2.